The molecule has 2 fully saturated rings. The Kier molecular flexibility index (Phi) is 6.93. The number of nitrogens with zero attached hydrogens (tertiary/aromatic N) is 2. The van der Waals surface area contributed by atoms with Crippen molar-refractivity contribution in [1.29, 1.82) is 0 Å². The first-order valence-electron chi connectivity index (χ1n) is 10.7. The lowest BCUT2D eigenvalue weighted by Crippen LogP contribution is -2.53. The maximum atomic E-state index is 13.5. The van der Waals surface area contributed by atoms with Gasteiger partial charge in [-0.2, -0.15) is 0 Å². The van der Waals surface area contributed by atoms with Gasteiger partial charge in [-0.1, -0.05) is 29.3 Å². The summed E-state index contributed by atoms with van der Waals surface area (Å²) in [6.07, 6.45) is 0.531. The number of likely N-dealkylation sites (tertiary alicyclic amines) is 1. The van der Waals surface area contributed by atoms with Crippen molar-refractivity contribution in [2.45, 2.75) is 31.0 Å². The van der Waals surface area contributed by atoms with E-state index in [1.807, 2.05) is 31.1 Å². The predicted octanol–water partition coefficient (Wildman–Crippen LogP) is 2.97. The number of rotatable bonds is 6. The number of amides is 2. The fraction of sp³-hybridized carbons (Fsp3) is 0.375. The van der Waals surface area contributed by atoms with E-state index < -0.39 is 12.1 Å². The van der Waals surface area contributed by atoms with Crippen LogP contribution in [0.4, 0.5) is 5.69 Å². The van der Waals surface area contributed by atoms with Crippen molar-refractivity contribution in [2.24, 2.45) is 0 Å². The van der Waals surface area contributed by atoms with Crippen LogP contribution >= 0.6 is 23.2 Å². The Balaban J connectivity index is 1.57. The molecule has 0 radical (unpaired) electrons. The van der Waals surface area contributed by atoms with E-state index in [-0.39, 0.29) is 36.7 Å². The van der Waals surface area contributed by atoms with Crippen LogP contribution < -0.4 is 10.2 Å². The van der Waals surface area contributed by atoms with E-state index in [1.165, 1.54) is 4.90 Å². The zero-order valence-corrected chi connectivity index (χ0v) is 19.9. The number of nitrogens with one attached hydrogen (secondary N) is 1. The summed E-state index contributed by atoms with van der Waals surface area (Å²) in [5, 5.41) is 3.64. The summed E-state index contributed by atoms with van der Waals surface area (Å²) in [5.74, 6) is -0.793. The van der Waals surface area contributed by atoms with Gasteiger partial charge in [0.1, 0.15) is 18.7 Å². The van der Waals surface area contributed by atoms with Crippen LogP contribution in [0.25, 0.3) is 0 Å². The molecule has 1 N–H and O–H groups in total. The minimum atomic E-state index is -0.879. The molecule has 2 aliphatic heterocycles. The van der Waals surface area contributed by atoms with Gasteiger partial charge in [-0.15, -0.1) is 0 Å². The van der Waals surface area contributed by atoms with Crippen LogP contribution in [-0.4, -0.2) is 67.9 Å². The normalized spacial score (nSPS) is 20.5. The SMILES string of the molecule is CN(C)c1ccc(C(=O)NC(Cc2ccc(Cl)c(Cl)c2)C(=O)N2CCC3OCC(=O)C32)cc1. The summed E-state index contributed by atoms with van der Waals surface area (Å²) in [6, 6.07) is 10.7. The molecule has 174 valence electrons. The van der Waals surface area contributed by atoms with Gasteiger partial charge in [-0.3, -0.25) is 14.4 Å². The van der Waals surface area contributed by atoms with E-state index in [0.717, 1.165) is 11.3 Å². The van der Waals surface area contributed by atoms with Crippen LogP contribution in [0, 0.1) is 0 Å². The number of hydrogen-bond acceptors (Lipinski definition) is 5. The van der Waals surface area contributed by atoms with Gasteiger partial charge >= 0.3 is 0 Å². The van der Waals surface area contributed by atoms with Crippen molar-refractivity contribution >= 4 is 46.5 Å². The molecule has 0 aromatic heterocycles. The number of anilines is 1. The summed E-state index contributed by atoms with van der Waals surface area (Å²) in [5.41, 5.74) is 2.14. The highest BCUT2D eigenvalue weighted by Gasteiger charge is 2.48. The molecule has 7 nitrogen and oxygen atoms in total. The minimum absolute atomic E-state index is 0.0150. The molecule has 2 saturated heterocycles. The number of ketones is 1. The molecule has 2 amide bonds. The van der Waals surface area contributed by atoms with Crippen LogP contribution in [0.3, 0.4) is 0 Å². The smallest absolute Gasteiger partial charge is 0.251 e. The number of carbonyl (C=O) groups excluding carboxylic acids is 3. The van der Waals surface area contributed by atoms with Crippen LogP contribution in [0.2, 0.25) is 10.0 Å². The second kappa shape index (κ2) is 9.71. The highest BCUT2D eigenvalue weighted by atomic mass is 35.5. The molecule has 2 aromatic rings. The van der Waals surface area contributed by atoms with Crippen molar-refractivity contribution in [1.82, 2.24) is 10.2 Å². The third-order valence-electron chi connectivity index (χ3n) is 6.07. The lowest BCUT2D eigenvalue weighted by molar-refractivity contribution is -0.138. The van der Waals surface area contributed by atoms with Crippen molar-refractivity contribution in [3.05, 3.63) is 63.6 Å². The number of hydrogen-bond donors (Lipinski definition) is 1. The maximum absolute atomic E-state index is 13.5. The standard InChI is InChI=1S/C24H25Cl2N3O4/c1-28(2)16-6-4-15(5-7-16)23(31)27-19(12-14-3-8-17(25)18(26)11-14)24(32)29-10-9-21-22(29)20(30)13-33-21/h3-8,11,19,21-22H,9-10,12-13H2,1-2H3,(H,27,31). The molecule has 0 spiro atoms. The van der Waals surface area contributed by atoms with Crippen molar-refractivity contribution < 1.29 is 19.1 Å². The first-order chi connectivity index (χ1) is 15.7. The maximum Gasteiger partial charge on any atom is 0.251 e. The summed E-state index contributed by atoms with van der Waals surface area (Å²) < 4.78 is 5.51. The van der Waals surface area contributed by atoms with Gasteiger partial charge in [0.2, 0.25) is 5.91 Å². The zero-order valence-electron chi connectivity index (χ0n) is 18.4. The van der Waals surface area contributed by atoms with Crippen LogP contribution in [0.5, 0.6) is 0 Å². The molecule has 9 heteroatoms. The number of carbonyl (C=O) groups is 3. The molecule has 33 heavy (non-hydrogen) atoms. The van der Waals surface area contributed by atoms with E-state index in [9.17, 15) is 14.4 Å². The van der Waals surface area contributed by atoms with Crippen LogP contribution in [0.1, 0.15) is 22.3 Å². The second-order valence-electron chi connectivity index (χ2n) is 8.50. The van der Waals surface area contributed by atoms with E-state index >= 15 is 0 Å². The van der Waals surface area contributed by atoms with Gasteiger partial charge in [-0.05, 0) is 48.4 Å². The Morgan fingerprint density at radius 1 is 1.15 bits per heavy atom. The molecule has 0 aliphatic carbocycles. The number of halogens is 2. The number of ether oxygens (including phenoxy) is 1. The summed E-state index contributed by atoms with van der Waals surface area (Å²) in [4.78, 5) is 42.4. The van der Waals surface area contributed by atoms with E-state index in [1.54, 1.807) is 30.3 Å². The molecule has 0 saturated carbocycles. The van der Waals surface area contributed by atoms with E-state index in [2.05, 4.69) is 5.32 Å². The molecule has 3 atom stereocenters. The van der Waals surface area contributed by atoms with Crippen LogP contribution in [0.15, 0.2) is 42.5 Å². The predicted molar refractivity (Wildman–Crippen MR) is 127 cm³/mol. The second-order valence-corrected chi connectivity index (χ2v) is 9.32. The Labute approximate surface area is 202 Å². The van der Waals surface area contributed by atoms with Gasteiger partial charge in [0.15, 0.2) is 5.78 Å². The van der Waals surface area contributed by atoms with E-state index in [0.29, 0.717) is 28.6 Å². The Morgan fingerprint density at radius 3 is 2.55 bits per heavy atom. The third-order valence-corrected chi connectivity index (χ3v) is 6.81. The number of fused-ring (bicyclic) bond motifs is 1. The van der Waals surface area contributed by atoms with Gasteiger partial charge in [-0.25, -0.2) is 0 Å². The summed E-state index contributed by atoms with van der Waals surface area (Å²) in [7, 11) is 3.83. The molecule has 2 heterocycles. The molecule has 4 rings (SSSR count). The van der Waals surface area contributed by atoms with Gasteiger partial charge in [0.05, 0.1) is 16.1 Å². The first kappa shape index (κ1) is 23.5. The topological polar surface area (TPSA) is 79.0 Å². The van der Waals surface area contributed by atoms with Gasteiger partial charge in [0, 0.05) is 38.3 Å². The van der Waals surface area contributed by atoms with Crippen LogP contribution in [-0.2, 0) is 20.7 Å². The summed E-state index contributed by atoms with van der Waals surface area (Å²) >= 11 is 12.2. The monoisotopic (exact) mass is 489 g/mol. The largest absolute Gasteiger partial charge is 0.378 e. The first-order valence-corrected chi connectivity index (χ1v) is 11.5. The quantitative estimate of drug-likeness (QED) is 0.674. The zero-order chi connectivity index (χ0) is 23.7. The lowest BCUT2D eigenvalue weighted by atomic mass is 10.0. The summed E-state index contributed by atoms with van der Waals surface area (Å²) in [6.45, 7) is 0.423. The highest BCUT2D eigenvalue weighted by molar-refractivity contribution is 6.42. The third kappa shape index (κ3) is 5.00. The van der Waals surface area contributed by atoms with Crippen molar-refractivity contribution in [2.75, 3.05) is 32.1 Å². The highest BCUT2D eigenvalue weighted by Crippen LogP contribution is 2.29. The molecule has 2 aromatic carbocycles. The Bertz CT molecular complexity index is 1070. The van der Waals surface area contributed by atoms with Crippen molar-refractivity contribution in [3.63, 3.8) is 0 Å². The molecule has 0 bridgehead atoms. The molecule has 2 aliphatic rings. The average Bonchev–Trinajstić information content (AvgIpc) is 3.38. The Morgan fingerprint density at radius 2 is 1.88 bits per heavy atom. The minimum Gasteiger partial charge on any atom is -0.378 e. The Hall–Kier alpha value is -2.61. The lowest BCUT2D eigenvalue weighted by Gasteiger charge is -2.28. The fourth-order valence-electron chi connectivity index (χ4n) is 4.30. The molecule has 3 unspecified atom stereocenters. The van der Waals surface area contributed by atoms with Gasteiger partial charge in [0.25, 0.3) is 5.91 Å². The molecular weight excluding hydrogens is 465 g/mol. The van der Waals surface area contributed by atoms with E-state index in [4.69, 9.17) is 27.9 Å². The van der Waals surface area contributed by atoms with Crippen molar-refractivity contribution in [3.8, 4) is 0 Å². The average molecular weight is 490 g/mol. The van der Waals surface area contributed by atoms with Gasteiger partial charge < -0.3 is 19.9 Å². The molecular formula is C24H25Cl2N3O4. The number of Topliss-reactive ketones (excluding diaryl/α,β-unsaturated/α-hetero) is 1. The number of benzene rings is 2. The fourth-order valence-corrected chi connectivity index (χ4v) is 4.62.